The van der Waals surface area contributed by atoms with Crippen LogP contribution in [0.2, 0.25) is 0 Å². The van der Waals surface area contributed by atoms with Crippen LogP contribution in [0.4, 0.5) is 0 Å². The van der Waals surface area contributed by atoms with E-state index in [0.29, 0.717) is 12.1 Å². The molecule has 0 bridgehead atoms. The average molecular weight is 254 g/mol. The SMILES string of the molecule is CNC(CCC1CCCO1)c1sc(C)nc1C. The maximum absolute atomic E-state index is 5.68. The van der Waals surface area contributed by atoms with Crippen molar-refractivity contribution in [1.82, 2.24) is 10.3 Å². The molecule has 4 heteroatoms. The third-order valence-electron chi connectivity index (χ3n) is 3.41. The molecule has 1 fully saturated rings. The van der Waals surface area contributed by atoms with E-state index in [1.54, 1.807) is 0 Å². The molecule has 2 rings (SSSR count). The predicted octanol–water partition coefficient (Wildman–Crippen LogP) is 2.98. The van der Waals surface area contributed by atoms with Crippen molar-refractivity contribution in [2.45, 2.75) is 51.7 Å². The maximum Gasteiger partial charge on any atom is 0.0900 e. The van der Waals surface area contributed by atoms with Gasteiger partial charge in [0.25, 0.3) is 0 Å². The zero-order chi connectivity index (χ0) is 12.3. The fraction of sp³-hybridized carbons (Fsp3) is 0.769. The van der Waals surface area contributed by atoms with E-state index in [1.165, 1.54) is 23.4 Å². The fourth-order valence-corrected chi connectivity index (χ4v) is 3.57. The number of nitrogens with zero attached hydrogens (tertiary/aromatic N) is 1. The molecule has 1 aliphatic heterocycles. The summed E-state index contributed by atoms with van der Waals surface area (Å²) >= 11 is 1.82. The summed E-state index contributed by atoms with van der Waals surface area (Å²) in [4.78, 5) is 5.90. The van der Waals surface area contributed by atoms with E-state index < -0.39 is 0 Å². The Labute approximate surface area is 108 Å². The van der Waals surface area contributed by atoms with E-state index in [4.69, 9.17) is 4.74 Å². The van der Waals surface area contributed by atoms with Crippen LogP contribution in [0.5, 0.6) is 0 Å². The van der Waals surface area contributed by atoms with Crippen LogP contribution in [0.25, 0.3) is 0 Å². The molecule has 1 aromatic rings. The lowest BCUT2D eigenvalue weighted by Gasteiger charge is -2.17. The summed E-state index contributed by atoms with van der Waals surface area (Å²) in [5.74, 6) is 0. The van der Waals surface area contributed by atoms with Gasteiger partial charge < -0.3 is 10.1 Å². The first-order valence-electron chi connectivity index (χ1n) is 6.43. The molecule has 1 aromatic heterocycles. The van der Waals surface area contributed by atoms with Gasteiger partial charge in [-0.05, 0) is 46.6 Å². The molecule has 1 saturated heterocycles. The summed E-state index contributed by atoms with van der Waals surface area (Å²) in [5.41, 5.74) is 1.18. The molecule has 3 nitrogen and oxygen atoms in total. The molecule has 0 aromatic carbocycles. The third kappa shape index (κ3) is 3.27. The summed E-state index contributed by atoms with van der Waals surface area (Å²) in [6, 6.07) is 0.436. The Hall–Kier alpha value is -0.450. The quantitative estimate of drug-likeness (QED) is 0.877. The van der Waals surface area contributed by atoms with Crippen LogP contribution in [0.15, 0.2) is 0 Å². The van der Waals surface area contributed by atoms with Crippen LogP contribution in [0.3, 0.4) is 0 Å². The number of aromatic nitrogens is 1. The van der Waals surface area contributed by atoms with E-state index >= 15 is 0 Å². The Bertz CT molecular complexity index is 358. The van der Waals surface area contributed by atoms with Gasteiger partial charge in [0.2, 0.25) is 0 Å². The second kappa shape index (κ2) is 5.94. The van der Waals surface area contributed by atoms with Gasteiger partial charge in [-0.3, -0.25) is 0 Å². The first kappa shape index (κ1) is 13.0. The molecule has 1 N–H and O–H groups in total. The van der Waals surface area contributed by atoms with E-state index in [9.17, 15) is 0 Å². The van der Waals surface area contributed by atoms with E-state index in [0.717, 1.165) is 24.5 Å². The molecule has 17 heavy (non-hydrogen) atoms. The van der Waals surface area contributed by atoms with Gasteiger partial charge in [-0.15, -0.1) is 11.3 Å². The minimum atomic E-state index is 0.436. The summed E-state index contributed by atoms with van der Waals surface area (Å²) in [7, 11) is 2.04. The third-order valence-corrected chi connectivity index (χ3v) is 4.59. The number of ether oxygens (including phenoxy) is 1. The lowest BCUT2D eigenvalue weighted by Crippen LogP contribution is -2.18. The largest absolute Gasteiger partial charge is 0.378 e. The molecule has 0 saturated carbocycles. The number of hydrogen-bond acceptors (Lipinski definition) is 4. The summed E-state index contributed by atoms with van der Waals surface area (Å²) in [5, 5.41) is 4.57. The summed E-state index contributed by atoms with van der Waals surface area (Å²) in [6.45, 7) is 5.14. The van der Waals surface area contributed by atoms with Crippen molar-refractivity contribution in [1.29, 1.82) is 0 Å². The van der Waals surface area contributed by atoms with Crippen LogP contribution in [-0.4, -0.2) is 24.7 Å². The normalized spacial score (nSPS) is 21.9. The topological polar surface area (TPSA) is 34.1 Å². The Kier molecular flexibility index (Phi) is 4.54. The van der Waals surface area contributed by atoms with Gasteiger partial charge in [-0.2, -0.15) is 0 Å². The second-order valence-corrected chi connectivity index (χ2v) is 5.97. The predicted molar refractivity (Wildman–Crippen MR) is 71.6 cm³/mol. The Morgan fingerprint density at radius 2 is 2.35 bits per heavy atom. The van der Waals surface area contributed by atoms with E-state index in [-0.39, 0.29) is 0 Å². The molecule has 2 heterocycles. The van der Waals surface area contributed by atoms with Crippen molar-refractivity contribution in [3.8, 4) is 0 Å². The monoisotopic (exact) mass is 254 g/mol. The molecule has 2 atom stereocenters. The lowest BCUT2D eigenvalue weighted by atomic mass is 10.0. The number of thiazole rings is 1. The van der Waals surface area contributed by atoms with Crippen molar-refractivity contribution in [2.24, 2.45) is 0 Å². The highest BCUT2D eigenvalue weighted by molar-refractivity contribution is 7.11. The van der Waals surface area contributed by atoms with Crippen molar-refractivity contribution in [2.75, 3.05) is 13.7 Å². The number of aryl methyl sites for hydroxylation is 2. The van der Waals surface area contributed by atoms with Crippen molar-refractivity contribution >= 4 is 11.3 Å². The molecule has 1 aliphatic rings. The number of rotatable bonds is 5. The highest BCUT2D eigenvalue weighted by Gasteiger charge is 2.20. The minimum absolute atomic E-state index is 0.436. The van der Waals surface area contributed by atoms with Gasteiger partial charge in [0, 0.05) is 17.5 Å². The fourth-order valence-electron chi connectivity index (χ4n) is 2.50. The van der Waals surface area contributed by atoms with E-state index in [2.05, 4.69) is 24.1 Å². The molecule has 0 spiro atoms. The van der Waals surface area contributed by atoms with Crippen LogP contribution in [0.1, 0.15) is 47.3 Å². The van der Waals surface area contributed by atoms with Crippen molar-refractivity contribution < 1.29 is 4.74 Å². The summed E-state index contributed by atoms with van der Waals surface area (Å²) < 4.78 is 5.68. The number of hydrogen-bond donors (Lipinski definition) is 1. The van der Waals surface area contributed by atoms with Gasteiger partial charge in [0.05, 0.1) is 16.8 Å². The van der Waals surface area contributed by atoms with Crippen molar-refractivity contribution in [3.63, 3.8) is 0 Å². The molecule has 2 unspecified atom stereocenters. The molecular formula is C13H22N2OS. The van der Waals surface area contributed by atoms with Gasteiger partial charge in [0.15, 0.2) is 0 Å². The summed E-state index contributed by atoms with van der Waals surface area (Å²) in [6.07, 6.45) is 5.25. The van der Waals surface area contributed by atoms with Crippen LogP contribution in [-0.2, 0) is 4.74 Å². The molecule has 0 radical (unpaired) electrons. The number of nitrogens with one attached hydrogen (secondary N) is 1. The molecule has 0 aliphatic carbocycles. The van der Waals surface area contributed by atoms with Gasteiger partial charge in [-0.1, -0.05) is 0 Å². The standard InChI is InChI=1S/C13H22N2OS/c1-9-13(17-10(2)15-9)12(14-3)7-6-11-5-4-8-16-11/h11-12,14H,4-8H2,1-3H3. The zero-order valence-electron chi connectivity index (χ0n) is 11.0. The first-order valence-corrected chi connectivity index (χ1v) is 7.25. The average Bonchev–Trinajstić information content (AvgIpc) is 2.90. The Balaban J connectivity index is 1.93. The first-order chi connectivity index (χ1) is 8.20. The minimum Gasteiger partial charge on any atom is -0.378 e. The molecular weight excluding hydrogens is 232 g/mol. The van der Waals surface area contributed by atoms with Crippen LogP contribution < -0.4 is 5.32 Å². The smallest absolute Gasteiger partial charge is 0.0900 e. The van der Waals surface area contributed by atoms with Crippen LogP contribution >= 0.6 is 11.3 Å². The van der Waals surface area contributed by atoms with Gasteiger partial charge >= 0.3 is 0 Å². The van der Waals surface area contributed by atoms with Crippen LogP contribution in [0, 0.1) is 13.8 Å². The van der Waals surface area contributed by atoms with Gasteiger partial charge in [0.1, 0.15) is 0 Å². The second-order valence-electron chi connectivity index (χ2n) is 4.74. The van der Waals surface area contributed by atoms with E-state index in [1.807, 2.05) is 18.4 Å². The lowest BCUT2D eigenvalue weighted by molar-refractivity contribution is 0.0999. The van der Waals surface area contributed by atoms with Crippen molar-refractivity contribution in [3.05, 3.63) is 15.6 Å². The molecule has 96 valence electrons. The Morgan fingerprint density at radius 1 is 1.53 bits per heavy atom. The molecule has 0 amide bonds. The highest BCUT2D eigenvalue weighted by atomic mass is 32.1. The zero-order valence-corrected chi connectivity index (χ0v) is 11.8. The highest BCUT2D eigenvalue weighted by Crippen LogP contribution is 2.29. The maximum atomic E-state index is 5.68. The Morgan fingerprint density at radius 3 is 2.88 bits per heavy atom. The van der Waals surface area contributed by atoms with Gasteiger partial charge in [-0.25, -0.2) is 4.98 Å².